The van der Waals surface area contributed by atoms with Gasteiger partial charge in [0.2, 0.25) is 10.0 Å². The van der Waals surface area contributed by atoms with Gasteiger partial charge in [-0.3, -0.25) is 4.90 Å². The van der Waals surface area contributed by atoms with Crippen LogP contribution in [0.15, 0.2) is 23.1 Å². The fourth-order valence-electron chi connectivity index (χ4n) is 3.63. The van der Waals surface area contributed by atoms with Crippen molar-refractivity contribution in [2.45, 2.75) is 24.7 Å². The molecule has 0 bridgehead atoms. The Balaban J connectivity index is 0.00000261. The molecule has 3 rings (SSSR count). The van der Waals surface area contributed by atoms with Gasteiger partial charge in [-0.05, 0) is 50.6 Å². The van der Waals surface area contributed by atoms with Crippen LogP contribution in [0.2, 0.25) is 0 Å². The lowest BCUT2D eigenvalue weighted by Gasteiger charge is -2.35. The molecule has 0 unspecified atom stereocenters. The average molecular weight is 418 g/mol. The molecule has 0 spiro atoms. The van der Waals surface area contributed by atoms with Crippen molar-refractivity contribution in [2.75, 3.05) is 52.4 Å². The first-order chi connectivity index (χ1) is 12.4. The Kier molecular flexibility index (Phi) is 7.64. The summed E-state index contributed by atoms with van der Waals surface area (Å²) in [5.74, 6) is -1.12. The molecular formula is C18H28ClN3O4S. The Hall–Kier alpha value is -1.19. The zero-order chi connectivity index (χ0) is 18.7. The summed E-state index contributed by atoms with van der Waals surface area (Å²) in [7, 11) is -3.67. The highest BCUT2D eigenvalue weighted by Gasteiger charge is 2.30. The van der Waals surface area contributed by atoms with Crippen molar-refractivity contribution >= 4 is 28.4 Å². The highest BCUT2D eigenvalue weighted by molar-refractivity contribution is 7.89. The third-order valence-electron chi connectivity index (χ3n) is 5.32. The average Bonchev–Trinajstić information content (AvgIpc) is 3.14. The fraction of sp³-hybridized carbons (Fsp3) is 0.611. The smallest absolute Gasteiger partial charge is 0.335 e. The lowest BCUT2D eigenvalue weighted by molar-refractivity contribution is 0.0696. The molecule has 7 nitrogen and oxygen atoms in total. The number of sulfonamides is 1. The standard InChI is InChI=1S/C18H27N3O4S.ClH/c1-15-4-5-16(18(22)23)14-17(15)26(24,25)21-12-10-20(11-13-21)9-8-19-6-2-3-7-19;/h4-5,14H,2-3,6-13H2,1H3,(H,22,23);1H. The molecule has 2 fully saturated rings. The summed E-state index contributed by atoms with van der Waals surface area (Å²) in [5, 5.41) is 9.14. The lowest BCUT2D eigenvalue weighted by atomic mass is 10.1. The number of aromatic carboxylic acids is 1. The predicted octanol–water partition coefficient (Wildman–Crippen LogP) is 1.52. The second-order valence-corrected chi connectivity index (χ2v) is 8.99. The first kappa shape index (κ1) is 22.1. The van der Waals surface area contributed by atoms with E-state index in [-0.39, 0.29) is 22.9 Å². The van der Waals surface area contributed by atoms with Gasteiger partial charge in [-0.1, -0.05) is 6.07 Å². The lowest BCUT2D eigenvalue weighted by Crippen LogP contribution is -2.50. The number of halogens is 1. The second kappa shape index (κ2) is 9.34. The van der Waals surface area contributed by atoms with E-state index in [1.165, 1.54) is 42.4 Å². The maximum atomic E-state index is 13.0. The van der Waals surface area contributed by atoms with Gasteiger partial charge in [0.1, 0.15) is 0 Å². The minimum absolute atomic E-state index is 0. The molecule has 0 atom stereocenters. The SMILES string of the molecule is Cc1ccc(C(=O)O)cc1S(=O)(=O)N1CCN(CCN2CCCC2)CC1.Cl. The van der Waals surface area contributed by atoms with Gasteiger partial charge in [0.15, 0.2) is 0 Å². The van der Waals surface area contributed by atoms with Crippen molar-refractivity contribution < 1.29 is 18.3 Å². The molecule has 1 aromatic carbocycles. The molecular weight excluding hydrogens is 390 g/mol. The van der Waals surface area contributed by atoms with Crippen LogP contribution in [0.3, 0.4) is 0 Å². The van der Waals surface area contributed by atoms with Crippen LogP contribution in [0.1, 0.15) is 28.8 Å². The van der Waals surface area contributed by atoms with Crippen LogP contribution in [0.25, 0.3) is 0 Å². The minimum Gasteiger partial charge on any atom is -0.478 e. The van der Waals surface area contributed by atoms with Gasteiger partial charge in [-0.15, -0.1) is 12.4 Å². The predicted molar refractivity (Wildman–Crippen MR) is 106 cm³/mol. The molecule has 2 heterocycles. The van der Waals surface area contributed by atoms with Crippen LogP contribution in [0.5, 0.6) is 0 Å². The maximum Gasteiger partial charge on any atom is 0.335 e. The summed E-state index contributed by atoms with van der Waals surface area (Å²) in [4.78, 5) is 16.0. The molecule has 2 saturated heterocycles. The van der Waals surface area contributed by atoms with E-state index >= 15 is 0 Å². The second-order valence-electron chi connectivity index (χ2n) is 7.08. The van der Waals surface area contributed by atoms with E-state index in [4.69, 9.17) is 5.11 Å². The van der Waals surface area contributed by atoms with E-state index in [2.05, 4.69) is 9.80 Å². The van der Waals surface area contributed by atoms with E-state index in [0.29, 0.717) is 31.7 Å². The largest absolute Gasteiger partial charge is 0.478 e. The summed E-state index contributed by atoms with van der Waals surface area (Å²) >= 11 is 0. The summed E-state index contributed by atoms with van der Waals surface area (Å²) < 4.78 is 27.4. The number of benzene rings is 1. The zero-order valence-corrected chi connectivity index (χ0v) is 17.3. The van der Waals surface area contributed by atoms with Crippen molar-refractivity contribution in [3.8, 4) is 0 Å². The number of carbonyl (C=O) groups is 1. The van der Waals surface area contributed by atoms with Gasteiger partial charge in [0.25, 0.3) is 0 Å². The fourth-order valence-corrected chi connectivity index (χ4v) is 5.31. The number of hydrogen-bond donors (Lipinski definition) is 1. The van der Waals surface area contributed by atoms with Crippen molar-refractivity contribution in [1.82, 2.24) is 14.1 Å². The third-order valence-corrected chi connectivity index (χ3v) is 7.36. The zero-order valence-electron chi connectivity index (χ0n) is 15.6. The normalized spacial score (nSPS) is 19.7. The summed E-state index contributed by atoms with van der Waals surface area (Å²) in [6.45, 7) is 8.38. The highest BCUT2D eigenvalue weighted by Crippen LogP contribution is 2.23. The van der Waals surface area contributed by atoms with Crippen molar-refractivity contribution in [3.63, 3.8) is 0 Å². The number of piperazine rings is 1. The Morgan fingerprint density at radius 3 is 2.11 bits per heavy atom. The Morgan fingerprint density at radius 2 is 1.56 bits per heavy atom. The number of nitrogens with zero attached hydrogens (tertiary/aromatic N) is 3. The Morgan fingerprint density at radius 1 is 1.00 bits per heavy atom. The molecule has 2 aliphatic rings. The number of hydrogen-bond acceptors (Lipinski definition) is 5. The van der Waals surface area contributed by atoms with E-state index in [9.17, 15) is 13.2 Å². The van der Waals surface area contributed by atoms with Crippen LogP contribution in [-0.4, -0.2) is 86.0 Å². The first-order valence-electron chi connectivity index (χ1n) is 9.17. The maximum absolute atomic E-state index is 13.0. The molecule has 152 valence electrons. The number of rotatable bonds is 6. The van der Waals surface area contributed by atoms with Crippen LogP contribution in [0, 0.1) is 6.92 Å². The molecule has 0 aliphatic carbocycles. The Bertz CT molecular complexity index is 758. The number of carboxylic acids is 1. The molecule has 1 N–H and O–H groups in total. The van der Waals surface area contributed by atoms with Crippen LogP contribution < -0.4 is 0 Å². The molecule has 0 saturated carbocycles. The molecule has 1 aromatic rings. The van der Waals surface area contributed by atoms with E-state index in [1.807, 2.05) is 0 Å². The van der Waals surface area contributed by atoms with Crippen LogP contribution in [0.4, 0.5) is 0 Å². The van der Waals surface area contributed by atoms with Gasteiger partial charge in [-0.25, -0.2) is 13.2 Å². The van der Waals surface area contributed by atoms with Gasteiger partial charge in [0.05, 0.1) is 10.5 Å². The van der Waals surface area contributed by atoms with E-state index < -0.39 is 16.0 Å². The van der Waals surface area contributed by atoms with Crippen LogP contribution >= 0.6 is 12.4 Å². The third kappa shape index (κ3) is 5.20. The monoisotopic (exact) mass is 417 g/mol. The van der Waals surface area contributed by atoms with E-state index in [0.717, 1.165) is 13.1 Å². The number of likely N-dealkylation sites (tertiary alicyclic amines) is 1. The van der Waals surface area contributed by atoms with E-state index in [1.54, 1.807) is 13.0 Å². The topological polar surface area (TPSA) is 81.2 Å². The summed E-state index contributed by atoms with van der Waals surface area (Å²) in [6.07, 6.45) is 2.56. The molecule has 2 aliphatic heterocycles. The minimum atomic E-state index is -3.67. The number of carboxylic acid groups (broad SMARTS) is 1. The quantitative estimate of drug-likeness (QED) is 0.755. The van der Waals surface area contributed by atoms with Gasteiger partial charge < -0.3 is 10.0 Å². The van der Waals surface area contributed by atoms with Gasteiger partial charge in [0, 0.05) is 39.3 Å². The molecule has 0 radical (unpaired) electrons. The summed E-state index contributed by atoms with van der Waals surface area (Å²) in [5.41, 5.74) is 0.574. The molecule has 0 amide bonds. The van der Waals surface area contributed by atoms with Crippen molar-refractivity contribution in [3.05, 3.63) is 29.3 Å². The van der Waals surface area contributed by atoms with Gasteiger partial charge in [-0.2, -0.15) is 4.31 Å². The highest BCUT2D eigenvalue weighted by atomic mass is 35.5. The molecule has 27 heavy (non-hydrogen) atoms. The Labute approximate surface area is 167 Å². The first-order valence-corrected chi connectivity index (χ1v) is 10.6. The summed E-state index contributed by atoms with van der Waals surface area (Å²) in [6, 6.07) is 4.27. The van der Waals surface area contributed by atoms with Crippen molar-refractivity contribution in [2.24, 2.45) is 0 Å². The van der Waals surface area contributed by atoms with Gasteiger partial charge >= 0.3 is 5.97 Å². The number of aryl methyl sites for hydroxylation is 1. The van der Waals surface area contributed by atoms with Crippen molar-refractivity contribution in [1.29, 1.82) is 0 Å². The molecule has 0 aromatic heterocycles. The molecule has 9 heteroatoms. The van der Waals surface area contributed by atoms with Crippen LogP contribution in [-0.2, 0) is 10.0 Å².